The first-order chi connectivity index (χ1) is 9.81. The molecule has 0 bridgehead atoms. The Labute approximate surface area is 125 Å². The Morgan fingerprint density at radius 2 is 1.75 bits per heavy atom. The lowest BCUT2D eigenvalue weighted by atomic mass is 9.88. The quantitative estimate of drug-likeness (QED) is 0.831. The molecule has 1 aliphatic heterocycles. The van der Waals surface area contributed by atoms with Crippen LogP contribution in [0.5, 0.6) is 0 Å². The van der Waals surface area contributed by atoms with Crippen LogP contribution in [0.3, 0.4) is 0 Å². The molecular weight excluding hydrogens is 266 g/mol. The van der Waals surface area contributed by atoms with Crippen LogP contribution in [0.2, 0.25) is 5.02 Å². The van der Waals surface area contributed by atoms with Gasteiger partial charge in [-0.2, -0.15) is 0 Å². The maximum Gasteiger partial charge on any atom is 0.0406 e. The van der Waals surface area contributed by atoms with Crippen LogP contribution in [0.1, 0.15) is 29.9 Å². The lowest BCUT2D eigenvalue weighted by Crippen LogP contribution is -2.24. The number of piperidine rings is 1. The van der Waals surface area contributed by atoms with Gasteiger partial charge >= 0.3 is 0 Å². The van der Waals surface area contributed by atoms with Crippen LogP contribution in [-0.2, 0) is 0 Å². The molecule has 1 N–H and O–H groups in total. The van der Waals surface area contributed by atoms with Crippen LogP contribution in [0.4, 0.5) is 0 Å². The molecule has 1 nitrogen and oxygen atoms in total. The molecule has 1 aliphatic rings. The van der Waals surface area contributed by atoms with E-state index < -0.39 is 0 Å². The number of benzene rings is 2. The van der Waals surface area contributed by atoms with Crippen LogP contribution in [-0.4, -0.2) is 6.54 Å². The fourth-order valence-electron chi connectivity index (χ4n) is 2.73. The van der Waals surface area contributed by atoms with Crippen molar-refractivity contribution in [3.05, 3.63) is 76.4 Å². The van der Waals surface area contributed by atoms with Gasteiger partial charge in [-0.15, -0.1) is 0 Å². The molecule has 1 heterocycles. The first kappa shape index (κ1) is 13.3. The zero-order chi connectivity index (χ0) is 13.8. The molecule has 0 aromatic heterocycles. The van der Waals surface area contributed by atoms with Crippen molar-refractivity contribution < 1.29 is 0 Å². The van der Waals surface area contributed by atoms with Crippen LogP contribution >= 0.6 is 11.6 Å². The number of nitrogens with one attached hydrogen (secondary N) is 1. The second kappa shape index (κ2) is 6.15. The van der Waals surface area contributed by atoms with Crippen LogP contribution in [0.25, 0.3) is 6.08 Å². The molecule has 0 saturated carbocycles. The largest absolute Gasteiger partial charge is 0.388 e. The topological polar surface area (TPSA) is 12.0 Å². The average molecular weight is 284 g/mol. The van der Waals surface area contributed by atoms with E-state index in [-0.39, 0.29) is 0 Å². The lowest BCUT2D eigenvalue weighted by molar-refractivity contribution is 0.520. The maximum atomic E-state index is 5.96. The van der Waals surface area contributed by atoms with Gasteiger partial charge in [0.25, 0.3) is 0 Å². The van der Waals surface area contributed by atoms with Crippen molar-refractivity contribution >= 4 is 17.7 Å². The Hall–Kier alpha value is -1.73. The van der Waals surface area contributed by atoms with Crippen molar-refractivity contribution in [1.82, 2.24) is 5.32 Å². The smallest absolute Gasteiger partial charge is 0.0406 e. The van der Waals surface area contributed by atoms with Gasteiger partial charge in [0, 0.05) is 17.3 Å². The Morgan fingerprint density at radius 1 is 1.00 bits per heavy atom. The molecular formula is C18H18ClN. The maximum absolute atomic E-state index is 5.96. The molecule has 1 unspecified atom stereocenters. The van der Waals surface area contributed by atoms with Crippen LogP contribution < -0.4 is 5.32 Å². The highest BCUT2D eigenvalue weighted by Crippen LogP contribution is 2.30. The van der Waals surface area contributed by atoms with Gasteiger partial charge in [0.15, 0.2) is 0 Å². The summed E-state index contributed by atoms with van der Waals surface area (Å²) in [6, 6.07) is 18.8. The number of halogens is 1. The molecule has 0 radical (unpaired) electrons. The highest BCUT2D eigenvalue weighted by Gasteiger charge is 2.18. The Kier molecular flexibility index (Phi) is 4.08. The van der Waals surface area contributed by atoms with Crippen LogP contribution in [0.15, 0.2) is 60.3 Å². The molecule has 3 rings (SSSR count). The van der Waals surface area contributed by atoms with E-state index in [4.69, 9.17) is 11.6 Å². The minimum Gasteiger partial charge on any atom is -0.388 e. The highest BCUT2D eigenvalue weighted by atomic mass is 35.5. The summed E-state index contributed by atoms with van der Waals surface area (Å²) in [5, 5.41) is 4.32. The van der Waals surface area contributed by atoms with Gasteiger partial charge in [-0.25, -0.2) is 0 Å². The first-order valence-electron chi connectivity index (χ1n) is 7.06. The number of hydrogen-bond acceptors (Lipinski definition) is 1. The molecule has 1 fully saturated rings. The molecule has 0 spiro atoms. The Morgan fingerprint density at radius 3 is 2.50 bits per heavy atom. The number of rotatable bonds is 2. The minimum atomic E-state index is 0.587. The summed E-state index contributed by atoms with van der Waals surface area (Å²) >= 11 is 5.96. The van der Waals surface area contributed by atoms with E-state index in [1.165, 1.54) is 23.2 Å². The molecule has 1 atom stereocenters. The van der Waals surface area contributed by atoms with E-state index in [0.29, 0.717) is 5.92 Å². The summed E-state index contributed by atoms with van der Waals surface area (Å²) in [5.41, 5.74) is 3.96. The number of allylic oxidation sites excluding steroid dienone is 1. The SMILES string of the molecule is Clc1ccc(C2CCNC(=Cc3ccccc3)C2)cc1. The standard InChI is InChI=1S/C18H18ClN/c19-17-8-6-15(7-9-17)16-10-11-20-18(13-16)12-14-4-2-1-3-5-14/h1-9,12,16,20H,10-11,13H2. The minimum absolute atomic E-state index is 0.587. The fraction of sp³-hybridized carbons (Fsp3) is 0.222. The zero-order valence-corrected chi connectivity index (χ0v) is 12.1. The van der Waals surface area contributed by atoms with Gasteiger partial charge in [0.1, 0.15) is 0 Å². The second-order valence-corrected chi connectivity index (χ2v) is 5.68. The highest BCUT2D eigenvalue weighted by molar-refractivity contribution is 6.30. The van der Waals surface area contributed by atoms with Crippen molar-refractivity contribution in [3.63, 3.8) is 0 Å². The molecule has 0 amide bonds. The normalized spacial score (nSPS) is 20.6. The summed E-state index contributed by atoms with van der Waals surface area (Å²) < 4.78 is 0. The summed E-state index contributed by atoms with van der Waals surface area (Å²) in [5.74, 6) is 0.587. The predicted molar refractivity (Wildman–Crippen MR) is 85.8 cm³/mol. The Bertz CT molecular complexity index is 587. The lowest BCUT2D eigenvalue weighted by Gasteiger charge is -2.26. The predicted octanol–water partition coefficient (Wildman–Crippen LogP) is 4.85. The van der Waals surface area contributed by atoms with Crippen molar-refractivity contribution in [1.29, 1.82) is 0 Å². The van der Waals surface area contributed by atoms with Gasteiger partial charge in [0.2, 0.25) is 0 Å². The zero-order valence-electron chi connectivity index (χ0n) is 11.4. The molecule has 1 saturated heterocycles. The van der Waals surface area contributed by atoms with Crippen LogP contribution in [0, 0.1) is 0 Å². The van der Waals surface area contributed by atoms with Gasteiger partial charge in [-0.1, -0.05) is 54.1 Å². The first-order valence-corrected chi connectivity index (χ1v) is 7.44. The van der Waals surface area contributed by atoms with E-state index in [1.54, 1.807) is 0 Å². The summed E-state index contributed by atoms with van der Waals surface area (Å²) in [6.45, 7) is 1.03. The van der Waals surface area contributed by atoms with Gasteiger partial charge in [0.05, 0.1) is 0 Å². The van der Waals surface area contributed by atoms with Gasteiger partial charge in [-0.05, 0) is 48.1 Å². The van der Waals surface area contributed by atoms with E-state index in [9.17, 15) is 0 Å². The van der Waals surface area contributed by atoms with E-state index in [2.05, 4.69) is 47.8 Å². The fourth-order valence-corrected chi connectivity index (χ4v) is 2.85. The van der Waals surface area contributed by atoms with Gasteiger partial charge in [-0.3, -0.25) is 0 Å². The van der Waals surface area contributed by atoms with Crippen molar-refractivity contribution in [3.8, 4) is 0 Å². The van der Waals surface area contributed by atoms with E-state index in [0.717, 1.165) is 18.0 Å². The molecule has 2 aromatic rings. The molecule has 102 valence electrons. The average Bonchev–Trinajstić information content (AvgIpc) is 2.49. The summed E-state index contributed by atoms with van der Waals surface area (Å²) in [6.07, 6.45) is 4.49. The number of hydrogen-bond donors (Lipinski definition) is 1. The third-order valence-electron chi connectivity index (χ3n) is 3.79. The van der Waals surface area contributed by atoms with Crippen molar-refractivity contribution in [2.24, 2.45) is 0 Å². The third-order valence-corrected chi connectivity index (χ3v) is 4.05. The van der Waals surface area contributed by atoms with Crippen molar-refractivity contribution in [2.45, 2.75) is 18.8 Å². The summed E-state index contributed by atoms with van der Waals surface area (Å²) in [7, 11) is 0. The van der Waals surface area contributed by atoms with E-state index >= 15 is 0 Å². The van der Waals surface area contributed by atoms with Gasteiger partial charge < -0.3 is 5.32 Å². The molecule has 20 heavy (non-hydrogen) atoms. The molecule has 2 aromatic carbocycles. The Balaban J connectivity index is 1.76. The second-order valence-electron chi connectivity index (χ2n) is 5.25. The third kappa shape index (κ3) is 3.23. The van der Waals surface area contributed by atoms with Crippen molar-refractivity contribution in [2.75, 3.05) is 6.54 Å². The molecule has 2 heteroatoms. The van der Waals surface area contributed by atoms with E-state index in [1.807, 2.05) is 18.2 Å². The monoisotopic (exact) mass is 283 g/mol. The summed E-state index contributed by atoms with van der Waals surface area (Å²) in [4.78, 5) is 0. The molecule has 0 aliphatic carbocycles.